The summed E-state index contributed by atoms with van der Waals surface area (Å²) in [4.78, 5) is 48.7. The maximum absolute atomic E-state index is 12.4. The van der Waals surface area contributed by atoms with E-state index in [-0.39, 0.29) is 12.3 Å². The van der Waals surface area contributed by atoms with Crippen LogP contribution in [0.3, 0.4) is 0 Å². The fourth-order valence-corrected chi connectivity index (χ4v) is 2.39. The molecule has 0 fully saturated rings. The van der Waals surface area contributed by atoms with Crippen molar-refractivity contribution < 1.29 is 14.3 Å². The SMILES string of the molecule is CCc1ccc(CC)c(C(=O)COC(=O)Cn2ccc(=O)[nH]c2=O)c1. The Morgan fingerprint density at radius 3 is 2.52 bits per heavy atom. The number of Topliss-reactive ketones (excluding diaryl/α,β-unsaturated/α-hetero) is 1. The normalized spacial score (nSPS) is 10.5. The van der Waals surface area contributed by atoms with Crippen molar-refractivity contribution in [1.82, 2.24) is 9.55 Å². The highest BCUT2D eigenvalue weighted by molar-refractivity contribution is 5.99. The van der Waals surface area contributed by atoms with Crippen molar-refractivity contribution in [3.63, 3.8) is 0 Å². The van der Waals surface area contributed by atoms with E-state index in [0.717, 1.165) is 28.2 Å². The third-order valence-corrected chi connectivity index (χ3v) is 3.82. The maximum Gasteiger partial charge on any atom is 0.328 e. The number of nitrogens with one attached hydrogen (secondary N) is 1. The molecule has 0 unspecified atom stereocenters. The van der Waals surface area contributed by atoms with Gasteiger partial charge in [-0.25, -0.2) is 4.79 Å². The molecule has 1 aromatic carbocycles. The Kier molecular flexibility index (Phi) is 6.05. The Bertz CT molecular complexity index is 895. The monoisotopic (exact) mass is 344 g/mol. The topological polar surface area (TPSA) is 98.2 Å². The lowest BCUT2D eigenvalue weighted by Crippen LogP contribution is -2.31. The Labute approximate surface area is 144 Å². The number of nitrogens with zero attached hydrogens (tertiary/aromatic N) is 1. The number of ether oxygens (including phenoxy) is 1. The number of H-pyrrole nitrogens is 1. The molecule has 2 aromatic rings. The molecule has 0 aliphatic carbocycles. The molecule has 1 N–H and O–H groups in total. The summed E-state index contributed by atoms with van der Waals surface area (Å²) in [7, 11) is 0. The van der Waals surface area contributed by atoms with E-state index < -0.39 is 23.8 Å². The van der Waals surface area contributed by atoms with Crippen molar-refractivity contribution >= 4 is 11.8 Å². The van der Waals surface area contributed by atoms with E-state index in [0.29, 0.717) is 12.0 Å². The number of carbonyl (C=O) groups is 2. The van der Waals surface area contributed by atoms with E-state index >= 15 is 0 Å². The summed E-state index contributed by atoms with van der Waals surface area (Å²) in [5.41, 5.74) is 1.23. The second kappa shape index (κ2) is 8.23. The molecule has 0 saturated heterocycles. The van der Waals surface area contributed by atoms with E-state index in [1.807, 2.05) is 37.0 Å². The number of aryl methyl sites for hydroxylation is 2. The molecule has 7 heteroatoms. The molecule has 25 heavy (non-hydrogen) atoms. The van der Waals surface area contributed by atoms with Crippen molar-refractivity contribution in [2.75, 3.05) is 6.61 Å². The van der Waals surface area contributed by atoms with Crippen LogP contribution in [0.5, 0.6) is 0 Å². The van der Waals surface area contributed by atoms with E-state index in [4.69, 9.17) is 4.74 Å². The Morgan fingerprint density at radius 1 is 1.12 bits per heavy atom. The number of ketones is 1. The van der Waals surface area contributed by atoms with Crippen LogP contribution < -0.4 is 11.2 Å². The summed E-state index contributed by atoms with van der Waals surface area (Å²) < 4.78 is 5.98. The summed E-state index contributed by atoms with van der Waals surface area (Å²) >= 11 is 0. The van der Waals surface area contributed by atoms with E-state index in [1.165, 1.54) is 6.20 Å². The Morgan fingerprint density at radius 2 is 1.88 bits per heavy atom. The average Bonchev–Trinajstić information content (AvgIpc) is 2.61. The van der Waals surface area contributed by atoms with Crippen molar-refractivity contribution in [2.45, 2.75) is 33.2 Å². The van der Waals surface area contributed by atoms with Crippen molar-refractivity contribution in [3.05, 3.63) is 68.0 Å². The highest BCUT2D eigenvalue weighted by atomic mass is 16.5. The summed E-state index contributed by atoms with van der Waals surface area (Å²) in [5, 5.41) is 0. The van der Waals surface area contributed by atoms with Gasteiger partial charge in [0.1, 0.15) is 6.54 Å². The number of hydrogen-bond acceptors (Lipinski definition) is 5. The summed E-state index contributed by atoms with van der Waals surface area (Å²) in [6, 6.07) is 6.84. The second-order valence-electron chi connectivity index (χ2n) is 5.52. The van der Waals surface area contributed by atoms with Gasteiger partial charge in [-0.2, -0.15) is 0 Å². The number of esters is 1. The molecule has 0 radical (unpaired) electrons. The van der Waals surface area contributed by atoms with Gasteiger partial charge in [0.25, 0.3) is 5.56 Å². The number of rotatable bonds is 7. The van der Waals surface area contributed by atoms with Crippen LogP contribution in [0.15, 0.2) is 40.1 Å². The highest BCUT2D eigenvalue weighted by Crippen LogP contribution is 2.14. The van der Waals surface area contributed by atoms with Crippen molar-refractivity contribution in [3.8, 4) is 0 Å². The van der Waals surface area contributed by atoms with Gasteiger partial charge in [-0.15, -0.1) is 0 Å². The fourth-order valence-electron chi connectivity index (χ4n) is 2.39. The molecule has 0 aliphatic heterocycles. The highest BCUT2D eigenvalue weighted by Gasteiger charge is 2.14. The summed E-state index contributed by atoms with van der Waals surface area (Å²) in [5.74, 6) is -1.01. The van der Waals surface area contributed by atoms with E-state index in [1.54, 1.807) is 0 Å². The minimum absolute atomic E-state index is 0.283. The van der Waals surface area contributed by atoms with Gasteiger partial charge in [0.2, 0.25) is 5.78 Å². The molecule has 0 aliphatic rings. The lowest BCUT2D eigenvalue weighted by Gasteiger charge is -2.10. The minimum Gasteiger partial charge on any atom is -0.456 e. The van der Waals surface area contributed by atoms with Crippen LogP contribution in [0.4, 0.5) is 0 Å². The van der Waals surface area contributed by atoms with Crippen molar-refractivity contribution in [2.24, 2.45) is 0 Å². The molecule has 1 aromatic heterocycles. The zero-order chi connectivity index (χ0) is 18.4. The Balaban J connectivity index is 2.03. The third-order valence-electron chi connectivity index (χ3n) is 3.82. The van der Waals surface area contributed by atoms with Crippen LogP contribution >= 0.6 is 0 Å². The molecule has 0 atom stereocenters. The summed E-state index contributed by atoms with van der Waals surface area (Å²) in [6.07, 6.45) is 2.70. The minimum atomic E-state index is -0.729. The first-order chi connectivity index (χ1) is 11.9. The van der Waals surface area contributed by atoms with Crippen LogP contribution in [0.2, 0.25) is 0 Å². The third kappa shape index (κ3) is 4.76. The first-order valence-corrected chi connectivity index (χ1v) is 8.05. The zero-order valence-electron chi connectivity index (χ0n) is 14.2. The number of aromatic amines is 1. The van der Waals surface area contributed by atoms with Crippen LogP contribution in [-0.2, 0) is 28.9 Å². The molecule has 2 rings (SSSR count). The molecule has 0 saturated carbocycles. The van der Waals surface area contributed by atoms with Gasteiger partial charge in [0, 0.05) is 17.8 Å². The van der Waals surface area contributed by atoms with Crippen LogP contribution in [0.1, 0.15) is 35.3 Å². The molecule has 132 valence electrons. The maximum atomic E-state index is 12.4. The van der Waals surface area contributed by atoms with Gasteiger partial charge in [-0.1, -0.05) is 26.0 Å². The first-order valence-electron chi connectivity index (χ1n) is 8.05. The molecule has 0 amide bonds. The molecular formula is C18H20N2O5. The van der Waals surface area contributed by atoms with Gasteiger partial charge in [-0.05, 0) is 30.0 Å². The molecular weight excluding hydrogens is 324 g/mol. The van der Waals surface area contributed by atoms with Crippen LogP contribution in [0.25, 0.3) is 0 Å². The standard InChI is InChI=1S/C18H20N2O5/c1-3-12-5-6-13(4-2)14(9-12)15(21)11-25-17(23)10-20-8-7-16(22)19-18(20)24/h5-9H,3-4,10-11H2,1-2H3,(H,19,22,24). The first kappa shape index (κ1) is 18.4. The molecule has 0 spiro atoms. The number of hydrogen-bond donors (Lipinski definition) is 1. The predicted molar refractivity (Wildman–Crippen MR) is 91.8 cm³/mol. The van der Waals surface area contributed by atoms with E-state index in [2.05, 4.69) is 0 Å². The predicted octanol–water partition coefficient (Wildman–Crippen LogP) is 1.09. The van der Waals surface area contributed by atoms with Gasteiger partial charge >= 0.3 is 11.7 Å². The average molecular weight is 344 g/mol. The molecule has 1 heterocycles. The van der Waals surface area contributed by atoms with Gasteiger partial charge in [0.05, 0.1) is 0 Å². The largest absolute Gasteiger partial charge is 0.456 e. The summed E-state index contributed by atoms with van der Waals surface area (Å²) in [6.45, 7) is 3.18. The number of aromatic nitrogens is 2. The quantitative estimate of drug-likeness (QED) is 0.599. The van der Waals surface area contributed by atoms with Crippen LogP contribution in [-0.4, -0.2) is 27.9 Å². The van der Waals surface area contributed by atoms with Crippen LogP contribution in [0, 0.1) is 0 Å². The second-order valence-corrected chi connectivity index (χ2v) is 5.52. The Hall–Kier alpha value is -2.96. The number of benzene rings is 1. The smallest absolute Gasteiger partial charge is 0.328 e. The zero-order valence-corrected chi connectivity index (χ0v) is 14.2. The fraction of sp³-hybridized carbons (Fsp3) is 0.333. The molecule has 7 nitrogen and oxygen atoms in total. The van der Waals surface area contributed by atoms with Gasteiger partial charge in [0.15, 0.2) is 6.61 Å². The molecule has 0 bridgehead atoms. The van der Waals surface area contributed by atoms with E-state index in [9.17, 15) is 19.2 Å². The van der Waals surface area contributed by atoms with Gasteiger partial charge in [-0.3, -0.25) is 23.9 Å². The number of carbonyl (C=O) groups excluding carboxylic acids is 2. The van der Waals surface area contributed by atoms with Crippen molar-refractivity contribution in [1.29, 1.82) is 0 Å². The lowest BCUT2D eigenvalue weighted by molar-refractivity contribution is -0.143. The lowest BCUT2D eigenvalue weighted by atomic mass is 9.98. The van der Waals surface area contributed by atoms with Gasteiger partial charge < -0.3 is 4.74 Å².